The van der Waals surface area contributed by atoms with E-state index in [4.69, 9.17) is 21.1 Å². The summed E-state index contributed by atoms with van der Waals surface area (Å²) in [5.41, 5.74) is 0.921. The Hall–Kier alpha value is -1.52. The van der Waals surface area contributed by atoms with Crippen LogP contribution in [0.2, 0.25) is 5.02 Å². The topological polar surface area (TPSA) is 30.5 Å². The van der Waals surface area contributed by atoms with Crippen molar-refractivity contribution in [3.8, 4) is 11.5 Å². The Bertz CT molecular complexity index is 634. The summed E-state index contributed by atoms with van der Waals surface area (Å²) < 4.78 is 15.1. The zero-order chi connectivity index (χ0) is 17.9. The minimum absolute atomic E-state index is 0.715. The summed E-state index contributed by atoms with van der Waals surface area (Å²) in [6.07, 6.45) is 4.33. The van der Waals surface area contributed by atoms with Crippen LogP contribution in [0.1, 0.15) is 39.5 Å². The molecular weight excluding hydrogens is 354 g/mol. The molecule has 0 fully saturated rings. The number of benzene rings is 2. The third kappa shape index (κ3) is 7.09. The molecule has 0 radical (unpaired) electrons. The van der Waals surface area contributed by atoms with E-state index in [1.54, 1.807) is 0 Å². The first-order valence-corrected chi connectivity index (χ1v) is 10.0. The van der Waals surface area contributed by atoms with Gasteiger partial charge >= 0.3 is 0 Å². The first-order chi connectivity index (χ1) is 12.2. The highest BCUT2D eigenvalue weighted by Gasteiger charge is 2.07. The molecule has 2 aromatic carbocycles. The number of anilines is 1. The summed E-state index contributed by atoms with van der Waals surface area (Å²) in [4.78, 5) is 1.08. The second-order valence-electron chi connectivity index (χ2n) is 5.72. The maximum atomic E-state index is 5.94. The summed E-state index contributed by atoms with van der Waals surface area (Å²) in [6, 6.07) is 13.7. The van der Waals surface area contributed by atoms with Gasteiger partial charge in [-0.3, -0.25) is 0 Å². The van der Waals surface area contributed by atoms with Crippen LogP contribution in [0.15, 0.2) is 47.4 Å². The van der Waals surface area contributed by atoms with E-state index in [-0.39, 0.29) is 0 Å². The van der Waals surface area contributed by atoms with Crippen LogP contribution >= 0.6 is 23.5 Å². The Morgan fingerprint density at radius 3 is 2.28 bits per heavy atom. The first kappa shape index (κ1) is 19.8. The van der Waals surface area contributed by atoms with Crippen LogP contribution in [0.5, 0.6) is 11.5 Å². The summed E-state index contributed by atoms with van der Waals surface area (Å²) in [7, 11) is 0. The predicted molar refractivity (Wildman–Crippen MR) is 108 cm³/mol. The molecule has 0 atom stereocenters. The molecule has 25 heavy (non-hydrogen) atoms. The molecule has 0 aliphatic carbocycles. The van der Waals surface area contributed by atoms with Crippen LogP contribution < -0.4 is 14.2 Å². The molecule has 0 aromatic heterocycles. The lowest BCUT2D eigenvalue weighted by Gasteiger charge is -2.15. The maximum Gasteiger partial charge on any atom is 0.143 e. The Morgan fingerprint density at radius 2 is 1.60 bits per heavy atom. The SMILES string of the molecule is CCCCOc1ccc(OCCCC)c(NSc2ccc(Cl)cc2)c1. The minimum Gasteiger partial charge on any atom is -0.494 e. The highest BCUT2D eigenvalue weighted by molar-refractivity contribution is 8.00. The fourth-order valence-electron chi connectivity index (χ4n) is 2.08. The smallest absolute Gasteiger partial charge is 0.143 e. The Kier molecular flexibility index (Phi) is 8.84. The van der Waals surface area contributed by atoms with E-state index in [1.165, 1.54) is 11.9 Å². The van der Waals surface area contributed by atoms with Gasteiger partial charge in [-0.1, -0.05) is 38.3 Å². The van der Waals surface area contributed by atoms with Crippen molar-refractivity contribution in [3.05, 3.63) is 47.5 Å². The Labute approximate surface area is 160 Å². The molecule has 0 bridgehead atoms. The van der Waals surface area contributed by atoms with Gasteiger partial charge in [0.05, 0.1) is 18.9 Å². The van der Waals surface area contributed by atoms with E-state index in [0.29, 0.717) is 6.61 Å². The van der Waals surface area contributed by atoms with Gasteiger partial charge in [-0.2, -0.15) is 0 Å². The zero-order valence-electron chi connectivity index (χ0n) is 14.9. The molecule has 2 aromatic rings. The van der Waals surface area contributed by atoms with Gasteiger partial charge in [0.2, 0.25) is 0 Å². The van der Waals surface area contributed by atoms with Crippen LogP contribution in [-0.4, -0.2) is 13.2 Å². The van der Waals surface area contributed by atoms with Crippen LogP contribution in [0.3, 0.4) is 0 Å². The normalized spacial score (nSPS) is 10.5. The van der Waals surface area contributed by atoms with Crippen LogP contribution in [0.25, 0.3) is 0 Å². The van der Waals surface area contributed by atoms with Gasteiger partial charge in [0.15, 0.2) is 0 Å². The maximum absolute atomic E-state index is 5.94. The van der Waals surface area contributed by atoms with E-state index < -0.39 is 0 Å². The first-order valence-electron chi connectivity index (χ1n) is 8.81. The van der Waals surface area contributed by atoms with Gasteiger partial charge in [0, 0.05) is 16.0 Å². The number of halogens is 1. The Morgan fingerprint density at radius 1 is 0.920 bits per heavy atom. The second-order valence-corrected chi connectivity index (χ2v) is 7.04. The van der Waals surface area contributed by atoms with E-state index in [9.17, 15) is 0 Å². The molecule has 5 heteroatoms. The van der Waals surface area contributed by atoms with Gasteiger partial charge < -0.3 is 14.2 Å². The van der Waals surface area contributed by atoms with Crippen molar-refractivity contribution in [2.45, 2.75) is 44.4 Å². The minimum atomic E-state index is 0.715. The molecule has 0 aliphatic heterocycles. The second kappa shape index (κ2) is 11.2. The number of unbranched alkanes of at least 4 members (excludes halogenated alkanes) is 2. The van der Waals surface area contributed by atoms with Crippen molar-refractivity contribution in [3.63, 3.8) is 0 Å². The summed E-state index contributed by atoms with van der Waals surface area (Å²) in [5, 5.41) is 0.735. The third-order valence-corrected chi connectivity index (χ3v) is 4.65. The van der Waals surface area contributed by atoms with Crippen molar-refractivity contribution in [2.75, 3.05) is 17.9 Å². The number of hydrogen-bond donors (Lipinski definition) is 1. The molecule has 3 nitrogen and oxygen atoms in total. The van der Waals surface area contributed by atoms with Crippen LogP contribution in [0, 0.1) is 0 Å². The van der Waals surface area contributed by atoms with Crippen LogP contribution in [-0.2, 0) is 0 Å². The molecule has 0 aliphatic rings. The van der Waals surface area contributed by atoms with Crippen molar-refractivity contribution in [1.29, 1.82) is 0 Å². The van der Waals surface area contributed by atoms with E-state index in [1.807, 2.05) is 42.5 Å². The fraction of sp³-hybridized carbons (Fsp3) is 0.400. The van der Waals surface area contributed by atoms with Gasteiger partial charge in [-0.15, -0.1) is 0 Å². The number of nitrogens with one attached hydrogen (secondary N) is 1. The van der Waals surface area contributed by atoms with Gasteiger partial charge in [0.25, 0.3) is 0 Å². The van der Waals surface area contributed by atoms with Crippen molar-refractivity contribution in [1.82, 2.24) is 0 Å². The molecule has 2 rings (SSSR count). The monoisotopic (exact) mass is 379 g/mol. The highest BCUT2D eigenvalue weighted by atomic mass is 35.5. The molecule has 0 heterocycles. The molecular formula is C20H26ClNO2S. The van der Waals surface area contributed by atoms with Gasteiger partial charge in [-0.05, 0) is 61.2 Å². The van der Waals surface area contributed by atoms with Crippen molar-refractivity contribution >= 4 is 29.2 Å². The lowest BCUT2D eigenvalue weighted by molar-refractivity contribution is 0.302. The average Bonchev–Trinajstić information content (AvgIpc) is 2.63. The van der Waals surface area contributed by atoms with Crippen LogP contribution in [0.4, 0.5) is 5.69 Å². The third-order valence-electron chi connectivity index (χ3n) is 3.57. The highest BCUT2D eigenvalue weighted by Crippen LogP contribution is 2.33. The Balaban J connectivity index is 2.05. The molecule has 0 spiro atoms. The fourth-order valence-corrected chi connectivity index (χ4v) is 2.87. The molecule has 1 N–H and O–H groups in total. The van der Waals surface area contributed by atoms with Gasteiger partial charge in [-0.25, -0.2) is 0 Å². The lowest BCUT2D eigenvalue weighted by atomic mass is 10.2. The number of ether oxygens (including phenoxy) is 2. The predicted octanol–water partition coefficient (Wildman–Crippen LogP) is 6.82. The molecule has 136 valence electrons. The summed E-state index contributed by atoms with van der Waals surface area (Å²) >= 11 is 7.47. The summed E-state index contributed by atoms with van der Waals surface area (Å²) in [5.74, 6) is 1.70. The lowest BCUT2D eigenvalue weighted by Crippen LogP contribution is -2.01. The van der Waals surface area contributed by atoms with E-state index >= 15 is 0 Å². The van der Waals surface area contributed by atoms with Gasteiger partial charge in [0.1, 0.15) is 11.5 Å². The summed E-state index contributed by atoms with van der Waals surface area (Å²) in [6.45, 7) is 5.76. The number of rotatable bonds is 11. The standard InChI is InChI=1S/C20H26ClNO2S/c1-3-5-13-23-17-9-12-20(24-14-6-4-2)19(15-17)22-25-18-10-7-16(21)8-11-18/h7-12,15,22H,3-6,13-14H2,1-2H3. The average molecular weight is 380 g/mol. The van der Waals surface area contributed by atoms with Crippen molar-refractivity contribution in [2.24, 2.45) is 0 Å². The quantitative estimate of drug-likeness (QED) is 0.343. The van der Waals surface area contributed by atoms with E-state index in [0.717, 1.165) is 59.4 Å². The van der Waals surface area contributed by atoms with E-state index in [2.05, 4.69) is 18.6 Å². The molecule has 0 amide bonds. The number of hydrogen-bond acceptors (Lipinski definition) is 4. The molecule has 0 saturated heterocycles. The van der Waals surface area contributed by atoms with Crippen molar-refractivity contribution < 1.29 is 9.47 Å². The molecule has 0 unspecified atom stereocenters. The molecule has 0 saturated carbocycles. The zero-order valence-corrected chi connectivity index (χ0v) is 16.5. The largest absolute Gasteiger partial charge is 0.494 e.